The van der Waals surface area contributed by atoms with Gasteiger partial charge in [-0.05, 0) is 38.1 Å². The number of anilines is 3. The predicted molar refractivity (Wildman–Crippen MR) is 93.7 cm³/mol. The Hall–Kier alpha value is -3.09. The quantitative estimate of drug-likeness (QED) is 0.721. The molecule has 3 aromatic rings. The molecule has 0 aliphatic carbocycles. The lowest BCUT2D eigenvalue weighted by molar-refractivity contribution is 0.603. The first-order valence-electron chi connectivity index (χ1n) is 7.80. The highest BCUT2D eigenvalue weighted by Gasteiger charge is 2.11. The fourth-order valence-corrected chi connectivity index (χ4v) is 2.21. The molecule has 0 atom stereocenters. The van der Waals surface area contributed by atoms with E-state index in [0.29, 0.717) is 23.2 Å². The van der Waals surface area contributed by atoms with Crippen LogP contribution >= 0.6 is 0 Å². The van der Waals surface area contributed by atoms with Crippen molar-refractivity contribution in [3.8, 4) is 11.4 Å². The van der Waals surface area contributed by atoms with Gasteiger partial charge in [-0.2, -0.15) is 4.98 Å². The molecule has 0 spiro atoms. The molecule has 3 rings (SSSR count). The average molecular weight is 341 g/mol. The van der Waals surface area contributed by atoms with E-state index in [2.05, 4.69) is 25.6 Å². The zero-order chi connectivity index (χ0) is 17.8. The van der Waals surface area contributed by atoms with Crippen LogP contribution in [-0.2, 0) is 0 Å². The Morgan fingerprint density at radius 3 is 2.52 bits per heavy atom. The fraction of sp³-hybridized carbons (Fsp3) is 0.167. The Morgan fingerprint density at radius 2 is 1.80 bits per heavy atom. The summed E-state index contributed by atoms with van der Waals surface area (Å²) >= 11 is 0. The summed E-state index contributed by atoms with van der Waals surface area (Å²) in [5.74, 6) is -0.401. The molecule has 2 aromatic heterocycles. The van der Waals surface area contributed by atoms with Crippen molar-refractivity contribution in [3.05, 3.63) is 60.3 Å². The molecular weight excluding hydrogens is 324 g/mol. The lowest BCUT2D eigenvalue weighted by Gasteiger charge is -2.13. The van der Waals surface area contributed by atoms with Gasteiger partial charge in [-0.15, -0.1) is 0 Å². The van der Waals surface area contributed by atoms with Gasteiger partial charge in [0.15, 0.2) is 0 Å². The molecule has 0 bridgehead atoms. The lowest BCUT2D eigenvalue weighted by atomic mass is 10.2. The van der Waals surface area contributed by atoms with Gasteiger partial charge in [-0.3, -0.25) is 4.98 Å². The van der Waals surface area contributed by atoms with E-state index in [0.717, 1.165) is 18.2 Å². The highest BCUT2D eigenvalue weighted by molar-refractivity contribution is 5.65. The first-order valence-corrected chi connectivity index (χ1v) is 7.80. The van der Waals surface area contributed by atoms with E-state index in [1.807, 2.05) is 26.0 Å². The summed E-state index contributed by atoms with van der Waals surface area (Å²) in [4.78, 5) is 13.0. The molecule has 2 heterocycles. The maximum atomic E-state index is 13.9. The van der Waals surface area contributed by atoms with Crippen LogP contribution in [0.1, 0.15) is 13.8 Å². The molecule has 7 heteroatoms. The molecule has 0 unspecified atom stereocenters. The van der Waals surface area contributed by atoms with E-state index in [9.17, 15) is 8.78 Å². The van der Waals surface area contributed by atoms with Gasteiger partial charge in [-0.1, -0.05) is 6.07 Å². The van der Waals surface area contributed by atoms with Crippen molar-refractivity contribution in [2.75, 3.05) is 10.6 Å². The molecule has 128 valence electrons. The van der Waals surface area contributed by atoms with E-state index in [1.54, 1.807) is 18.3 Å². The van der Waals surface area contributed by atoms with Gasteiger partial charge in [-0.25, -0.2) is 13.8 Å². The standard InChI is InChI=1S/C18H17F2N5/c1-11(2)22-18-24-16(14-5-3-4-8-21-14)10-17(25-18)23-15-9-12(19)6-7-13(15)20/h3-11H,1-2H3,(H2,22,23,24,25). The Bertz CT molecular complexity index is 869. The third-order valence-corrected chi connectivity index (χ3v) is 3.26. The van der Waals surface area contributed by atoms with E-state index >= 15 is 0 Å². The number of pyridine rings is 1. The van der Waals surface area contributed by atoms with Gasteiger partial charge in [0.25, 0.3) is 0 Å². The molecule has 1 aromatic carbocycles. The van der Waals surface area contributed by atoms with Crippen LogP contribution in [0.15, 0.2) is 48.7 Å². The van der Waals surface area contributed by atoms with Crippen molar-refractivity contribution in [2.24, 2.45) is 0 Å². The van der Waals surface area contributed by atoms with E-state index in [1.165, 1.54) is 0 Å². The van der Waals surface area contributed by atoms with Crippen LogP contribution in [-0.4, -0.2) is 21.0 Å². The summed E-state index contributed by atoms with van der Waals surface area (Å²) in [5.41, 5.74) is 1.22. The van der Waals surface area contributed by atoms with Crippen molar-refractivity contribution in [3.63, 3.8) is 0 Å². The largest absolute Gasteiger partial charge is 0.352 e. The Balaban J connectivity index is 2.01. The molecule has 0 aliphatic rings. The van der Waals surface area contributed by atoms with Crippen LogP contribution in [0.5, 0.6) is 0 Å². The van der Waals surface area contributed by atoms with Gasteiger partial charge < -0.3 is 10.6 Å². The first kappa shape index (κ1) is 16.8. The Kier molecular flexibility index (Phi) is 4.83. The number of nitrogens with one attached hydrogen (secondary N) is 2. The molecule has 25 heavy (non-hydrogen) atoms. The fourth-order valence-electron chi connectivity index (χ4n) is 2.21. The smallest absolute Gasteiger partial charge is 0.225 e. The highest BCUT2D eigenvalue weighted by Crippen LogP contribution is 2.24. The molecule has 0 fully saturated rings. The average Bonchev–Trinajstić information content (AvgIpc) is 2.58. The number of rotatable bonds is 5. The molecular formula is C18H17F2N5. The molecule has 0 saturated heterocycles. The monoisotopic (exact) mass is 341 g/mol. The lowest BCUT2D eigenvalue weighted by Crippen LogP contribution is -2.13. The van der Waals surface area contributed by atoms with Crippen molar-refractivity contribution in [2.45, 2.75) is 19.9 Å². The third-order valence-electron chi connectivity index (χ3n) is 3.26. The van der Waals surface area contributed by atoms with Crippen LogP contribution in [0.2, 0.25) is 0 Å². The van der Waals surface area contributed by atoms with Gasteiger partial charge in [0.05, 0.1) is 17.1 Å². The SMILES string of the molecule is CC(C)Nc1nc(Nc2cc(F)ccc2F)cc(-c2ccccn2)n1. The van der Waals surface area contributed by atoms with Crippen molar-refractivity contribution in [1.29, 1.82) is 0 Å². The van der Waals surface area contributed by atoms with E-state index in [4.69, 9.17) is 0 Å². The highest BCUT2D eigenvalue weighted by atomic mass is 19.1. The Labute approximate surface area is 144 Å². The first-order chi connectivity index (χ1) is 12.0. The number of benzene rings is 1. The summed E-state index contributed by atoms with van der Waals surface area (Å²) in [6.45, 7) is 3.91. The van der Waals surface area contributed by atoms with Crippen molar-refractivity contribution >= 4 is 17.5 Å². The normalized spacial score (nSPS) is 10.8. The molecule has 0 radical (unpaired) electrons. The minimum atomic E-state index is -0.572. The minimum absolute atomic E-state index is 0.00108. The number of hydrogen-bond acceptors (Lipinski definition) is 5. The summed E-state index contributed by atoms with van der Waals surface area (Å²) in [6.07, 6.45) is 1.66. The number of halogens is 2. The van der Waals surface area contributed by atoms with Crippen LogP contribution in [0.3, 0.4) is 0 Å². The van der Waals surface area contributed by atoms with Gasteiger partial charge >= 0.3 is 0 Å². The maximum absolute atomic E-state index is 13.9. The summed E-state index contributed by atoms with van der Waals surface area (Å²) in [7, 11) is 0. The molecule has 5 nitrogen and oxygen atoms in total. The predicted octanol–water partition coefficient (Wildman–Crippen LogP) is 4.38. The maximum Gasteiger partial charge on any atom is 0.225 e. The number of hydrogen-bond donors (Lipinski definition) is 2. The molecule has 0 aliphatic heterocycles. The van der Waals surface area contributed by atoms with E-state index < -0.39 is 11.6 Å². The number of aromatic nitrogens is 3. The van der Waals surface area contributed by atoms with Crippen LogP contribution in [0.4, 0.5) is 26.2 Å². The zero-order valence-electron chi connectivity index (χ0n) is 13.8. The van der Waals surface area contributed by atoms with Crippen LogP contribution < -0.4 is 10.6 Å². The van der Waals surface area contributed by atoms with Crippen LogP contribution in [0, 0.1) is 11.6 Å². The molecule has 2 N–H and O–H groups in total. The van der Waals surface area contributed by atoms with Crippen molar-refractivity contribution in [1.82, 2.24) is 15.0 Å². The van der Waals surface area contributed by atoms with Crippen molar-refractivity contribution < 1.29 is 8.78 Å². The van der Waals surface area contributed by atoms with Crippen LogP contribution in [0.25, 0.3) is 11.4 Å². The van der Waals surface area contributed by atoms with Gasteiger partial charge in [0, 0.05) is 24.4 Å². The zero-order valence-corrected chi connectivity index (χ0v) is 13.8. The van der Waals surface area contributed by atoms with Gasteiger partial charge in [0.2, 0.25) is 5.95 Å². The molecule has 0 saturated carbocycles. The minimum Gasteiger partial charge on any atom is -0.352 e. The molecule has 0 amide bonds. The summed E-state index contributed by atoms with van der Waals surface area (Å²) in [6, 6.07) is 10.4. The summed E-state index contributed by atoms with van der Waals surface area (Å²) < 4.78 is 27.3. The third kappa shape index (κ3) is 4.26. The van der Waals surface area contributed by atoms with E-state index in [-0.39, 0.29) is 11.7 Å². The summed E-state index contributed by atoms with van der Waals surface area (Å²) in [5, 5.41) is 5.91. The topological polar surface area (TPSA) is 62.7 Å². The second-order valence-corrected chi connectivity index (χ2v) is 5.73. The number of nitrogens with zero attached hydrogens (tertiary/aromatic N) is 3. The Morgan fingerprint density at radius 1 is 0.960 bits per heavy atom. The second-order valence-electron chi connectivity index (χ2n) is 5.73. The van der Waals surface area contributed by atoms with Gasteiger partial charge in [0.1, 0.15) is 17.5 Å². The second kappa shape index (κ2) is 7.21.